The number of rotatable bonds is 4. The third kappa shape index (κ3) is 4.10. The van der Waals surface area contributed by atoms with Gasteiger partial charge in [-0.15, -0.1) is 0 Å². The van der Waals surface area contributed by atoms with Gasteiger partial charge in [0.05, 0.1) is 27.8 Å². The summed E-state index contributed by atoms with van der Waals surface area (Å²) in [7, 11) is 0. The Morgan fingerprint density at radius 3 is 1.90 bits per heavy atom. The Morgan fingerprint density at radius 1 is 0.438 bits per heavy atom. The molecule has 0 saturated heterocycles. The highest BCUT2D eigenvalue weighted by Crippen LogP contribution is 2.42. The van der Waals surface area contributed by atoms with E-state index in [0.717, 1.165) is 88.6 Å². The predicted molar refractivity (Wildman–Crippen MR) is 197 cm³/mol. The van der Waals surface area contributed by atoms with Crippen LogP contribution in [0.3, 0.4) is 0 Å². The zero-order chi connectivity index (χ0) is 31.6. The van der Waals surface area contributed by atoms with Crippen LogP contribution in [0.5, 0.6) is 0 Å². The molecule has 0 saturated carbocycles. The van der Waals surface area contributed by atoms with Crippen molar-refractivity contribution in [3.63, 3.8) is 0 Å². The molecule has 0 aliphatic rings. The molecule has 10 rings (SSSR count). The van der Waals surface area contributed by atoms with E-state index in [9.17, 15) is 0 Å². The van der Waals surface area contributed by atoms with Crippen molar-refractivity contribution in [3.8, 4) is 39.5 Å². The molecule has 0 bridgehead atoms. The Morgan fingerprint density at radius 2 is 1.10 bits per heavy atom. The van der Waals surface area contributed by atoms with Crippen LogP contribution in [0.15, 0.2) is 168 Å². The minimum atomic E-state index is 0.841. The van der Waals surface area contributed by atoms with E-state index in [-0.39, 0.29) is 0 Å². The molecule has 0 spiro atoms. The third-order valence-electron chi connectivity index (χ3n) is 9.44. The minimum Gasteiger partial charge on any atom is -0.455 e. The summed E-state index contributed by atoms with van der Waals surface area (Å²) in [5.74, 6) is 0.841. The lowest BCUT2D eigenvalue weighted by Crippen LogP contribution is -1.98. The van der Waals surface area contributed by atoms with Crippen LogP contribution in [-0.2, 0) is 0 Å². The fourth-order valence-electron chi connectivity index (χ4n) is 7.16. The van der Waals surface area contributed by atoms with Gasteiger partial charge in [0.25, 0.3) is 0 Å². The van der Waals surface area contributed by atoms with Gasteiger partial charge in [0, 0.05) is 38.9 Å². The molecule has 0 radical (unpaired) electrons. The molecule has 4 heterocycles. The molecular weight excluding hydrogens is 587 g/mol. The molecule has 4 aromatic heterocycles. The molecule has 0 aliphatic carbocycles. The summed E-state index contributed by atoms with van der Waals surface area (Å²) in [6.07, 6.45) is 1.94. The van der Waals surface area contributed by atoms with Crippen molar-refractivity contribution in [3.05, 3.63) is 164 Å². The Kier molecular flexibility index (Phi) is 5.84. The average Bonchev–Trinajstić information content (AvgIpc) is 3.72. The number of fused-ring (bicyclic) bond motifs is 9. The standard InChI is InChI=1S/C44H27N3O/c1-3-11-28(12-4-1)32-25-37(30-14-5-2-6-15-30)46-38(26-32)31-20-24-41(45-27-31)47-39-18-10-9-17-36(39)42-40(47)23-22-35-34-21-19-29-13-7-8-16-33(29)43(34)48-44(35)42/h1-27H. The molecule has 0 atom stereocenters. The number of para-hydroxylation sites is 1. The Balaban J connectivity index is 1.15. The minimum absolute atomic E-state index is 0.841. The fourth-order valence-corrected chi connectivity index (χ4v) is 7.16. The Hall–Kier alpha value is -6.52. The van der Waals surface area contributed by atoms with Gasteiger partial charge in [0.1, 0.15) is 17.0 Å². The van der Waals surface area contributed by atoms with Gasteiger partial charge in [0.15, 0.2) is 0 Å². The van der Waals surface area contributed by atoms with E-state index in [2.05, 4.69) is 150 Å². The maximum absolute atomic E-state index is 6.77. The van der Waals surface area contributed by atoms with Crippen molar-refractivity contribution in [1.29, 1.82) is 0 Å². The second kappa shape index (κ2) is 10.5. The Labute approximate surface area is 276 Å². The SMILES string of the molecule is c1ccc(-c2cc(-c3ccccc3)nc(-c3ccc(-n4c5ccccc5c5c6oc7c8ccccc8ccc7c6ccc54)nc3)c2)cc1. The van der Waals surface area contributed by atoms with Crippen LogP contribution in [0.1, 0.15) is 0 Å². The van der Waals surface area contributed by atoms with Crippen LogP contribution in [-0.4, -0.2) is 14.5 Å². The zero-order valence-corrected chi connectivity index (χ0v) is 25.8. The smallest absolute Gasteiger partial charge is 0.145 e. The van der Waals surface area contributed by atoms with E-state index in [0.29, 0.717) is 0 Å². The number of hydrogen-bond donors (Lipinski definition) is 0. The average molecular weight is 614 g/mol. The molecule has 0 amide bonds. The molecule has 0 N–H and O–H groups in total. The third-order valence-corrected chi connectivity index (χ3v) is 9.44. The van der Waals surface area contributed by atoms with Gasteiger partial charge >= 0.3 is 0 Å². The summed E-state index contributed by atoms with van der Waals surface area (Å²) in [5, 5.41) is 6.78. The molecule has 6 aromatic carbocycles. The van der Waals surface area contributed by atoms with E-state index in [1.165, 1.54) is 5.39 Å². The number of pyridine rings is 2. The van der Waals surface area contributed by atoms with Crippen molar-refractivity contribution in [2.24, 2.45) is 0 Å². The van der Waals surface area contributed by atoms with Gasteiger partial charge < -0.3 is 4.42 Å². The lowest BCUT2D eigenvalue weighted by molar-refractivity contribution is 0.676. The molecule has 10 aromatic rings. The van der Waals surface area contributed by atoms with Gasteiger partial charge in [-0.05, 0) is 65.0 Å². The molecule has 0 unspecified atom stereocenters. The predicted octanol–water partition coefficient (Wildman–Crippen LogP) is 11.6. The highest BCUT2D eigenvalue weighted by molar-refractivity contribution is 6.26. The van der Waals surface area contributed by atoms with Crippen LogP contribution < -0.4 is 0 Å². The van der Waals surface area contributed by atoms with Crippen molar-refractivity contribution in [2.75, 3.05) is 0 Å². The summed E-state index contributed by atoms with van der Waals surface area (Å²) in [5.41, 5.74) is 10.1. The van der Waals surface area contributed by atoms with Crippen LogP contribution >= 0.6 is 0 Å². The van der Waals surface area contributed by atoms with Gasteiger partial charge in [0.2, 0.25) is 0 Å². The first-order valence-corrected chi connectivity index (χ1v) is 16.2. The van der Waals surface area contributed by atoms with Crippen LogP contribution in [0.2, 0.25) is 0 Å². The summed E-state index contributed by atoms with van der Waals surface area (Å²) in [4.78, 5) is 10.2. The number of hydrogen-bond acceptors (Lipinski definition) is 3. The molecule has 4 heteroatoms. The van der Waals surface area contributed by atoms with Crippen molar-refractivity contribution >= 4 is 54.5 Å². The first-order valence-electron chi connectivity index (χ1n) is 16.2. The highest BCUT2D eigenvalue weighted by Gasteiger charge is 2.20. The summed E-state index contributed by atoms with van der Waals surface area (Å²) in [6, 6.07) is 55.0. The van der Waals surface area contributed by atoms with Crippen LogP contribution in [0.4, 0.5) is 0 Å². The van der Waals surface area contributed by atoms with Gasteiger partial charge in [-0.25, -0.2) is 9.97 Å². The molecule has 4 nitrogen and oxygen atoms in total. The van der Waals surface area contributed by atoms with Gasteiger partial charge in [-0.2, -0.15) is 0 Å². The van der Waals surface area contributed by atoms with Crippen LogP contribution in [0.25, 0.3) is 94.0 Å². The fraction of sp³-hybridized carbons (Fsp3) is 0. The van der Waals surface area contributed by atoms with E-state index >= 15 is 0 Å². The number of benzene rings is 6. The van der Waals surface area contributed by atoms with E-state index < -0.39 is 0 Å². The summed E-state index contributed by atoms with van der Waals surface area (Å²) >= 11 is 0. The number of aromatic nitrogens is 3. The van der Waals surface area contributed by atoms with E-state index in [1.54, 1.807) is 0 Å². The molecular formula is C44H27N3O. The highest BCUT2D eigenvalue weighted by atomic mass is 16.3. The lowest BCUT2D eigenvalue weighted by Gasteiger charge is -2.11. The van der Waals surface area contributed by atoms with Crippen LogP contribution in [0, 0.1) is 0 Å². The van der Waals surface area contributed by atoms with Crippen molar-refractivity contribution < 1.29 is 4.42 Å². The number of furan rings is 1. The quantitative estimate of drug-likeness (QED) is 0.198. The monoisotopic (exact) mass is 613 g/mol. The molecule has 224 valence electrons. The topological polar surface area (TPSA) is 43.9 Å². The normalized spacial score (nSPS) is 11.8. The maximum Gasteiger partial charge on any atom is 0.145 e. The van der Waals surface area contributed by atoms with Gasteiger partial charge in [-0.1, -0.05) is 109 Å². The van der Waals surface area contributed by atoms with E-state index in [1.807, 2.05) is 18.3 Å². The van der Waals surface area contributed by atoms with Crippen molar-refractivity contribution in [1.82, 2.24) is 14.5 Å². The first-order chi connectivity index (χ1) is 23.8. The largest absolute Gasteiger partial charge is 0.455 e. The molecule has 0 aliphatic heterocycles. The second-order valence-electron chi connectivity index (χ2n) is 12.2. The molecule has 0 fully saturated rings. The lowest BCUT2D eigenvalue weighted by atomic mass is 10.0. The second-order valence-corrected chi connectivity index (χ2v) is 12.2. The first kappa shape index (κ1) is 26.7. The van der Waals surface area contributed by atoms with E-state index in [4.69, 9.17) is 14.4 Å². The summed E-state index contributed by atoms with van der Waals surface area (Å²) in [6.45, 7) is 0. The summed E-state index contributed by atoms with van der Waals surface area (Å²) < 4.78 is 9.01. The van der Waals surface area contributed by atoms with Gasteiger partial charge in [-0.3, -0.25) is 4.57 Å². The van der Waals surface area contributed by atoms with Crippen molar-refractivity contribution in [2.45, 2.75) is 0 Å². The Bertz CT molecular complexity index is 2760. The maximum atomic E-state index is 6.77. The molecule has 48 heavy (non-hydrogen) atoms. The zero-order valence-electron chi connectivity index (χ0n) is 25.8. The number of nitrogens with zero attached hydrogens (tertiary/aromatic N) is 3.